The minimum atomic E-state index is 0.675. The molecule has 1 N–H and O–H groups in total. The number of aromatic nitrogens is 2. The zero-order valence-electron chi connectivity index (χ0n) is 13.0. The van der Waals surface area contributed by atoms with Gasteiger partial charge in [-0.25, -0.2) is 0 Å². The van der Waals surface area contributed by atoms with E-state index in [-0.39, 0.29) is 0 Å². The Morgan fingerprint density at radius 2 is 2.20 bits per heavy atom. The molecule has 5 heteroatoms. The van der Waals surface area contributed by atoms with Crippen LogP contribution in [0.2, 0.25) is 0 Å². The molecular weight excluding hydrogens is 316 g/mol. The van der Waals surface area contributed by atoms with Gasteiger partial charge < -0.3 is 5.32 Å². The van der Waals surface area contributed by atoms with E-state index in [0.717, 1.165) is 31.9 Å². The van der Waals surface area contributed by atoms with Crippen molar-refractivity contribution in [1.29, 1.82) is 0 Å². The lowest BCUT2D eigenvalue weighted by Gasteiger charge is -2.25. The summed E-state index contributed by atoms with van der Waals surface area (Å²) in [6.07, 6.45) is 3.84. The van der Waals surface area contributed by atoms with E-state index in [4.69, 9.17) is 0 Å². The molecule has 0 spiro atoms. The first-order valence-electron chi connectivity index (χ1n) is 7.83. The number of hydrogen-bond acceptors (Lipinski definition) is 3. The van der Waals surface area contributed by atoms with Gasteiger partial charge in [0.25, 0.3) is 0 Å². The number of rotatable bonds is 7. The fourth-order valence-electron chi connectivity index (χ4n) is 2.99. The predicted molar refractivity (Wildman–Crippen MR) is 86.9 cm³/mol. The van der Waals surface area contributed by atoms with E-state index in [2.05, 4.69) is 56.7 Å². The van der Waals surface area contributed by atoms with Gasteiger partial charge in [-0.2, -0.15) is 5.10 Å². The van der Waals surface area contributed by atoms with Crippen molar-refractivity contribution >= 4 is 15.9 Å². The third-order valence-electron chi connectivity index (χ3n) is 4.11. The standard InChI is InChI=1S/C15H27BrN4/c1-4-8-17-10-13-7-6-9-19(13)11-14-15(16)12(3)18-20(14)5-2/h13,17H,4-11H2,1-3H3. The molecule has 0 bridgehead atoms. The topological polar surface area (TPSA) is 33.1 Å². The van der Waals surface area contributed by atoms with Crippen LogP contribution >= 0.6 is 15.9 Å². The van der Waals surface area contributed by atoms with Gasteiger partial charge in [0.2, 0.25) is 0 Å². The van der Waals surface area contributed by atoms with Crippen molar-refractivity contribution in [3.05, 3.63) is 15.9 Å². The second-order valence-corrected chi connectivity index (χ2v) is 6.43. The Hall–Kier alpha value is -0.390. The predicted octanol–water partition coefficient (Wildman–Crippen LogP) is 2.94. The second kappa shape index (κ2) is 7.57. The van der Waals surface area contributed by atoms with Crippen LogP contribution in [0.5, 0.6) is 0 Å². The van der Waals surface area contributed by atoms with Crippen LogP contribution in [0.3, 0.4) is 0 Å². The van der Waals surface area contributed by atoms with E-state index in [9.17, 15) is 0 Å². The van der Waals surface area contributed by atoms with Crippen molar-refractivity contribution < 1.29 is 0 Å². The summed E-state index contributed by atoms with van der Waals surface area (Å²) < 4.78 is 3.32. The molecule has 0 saturated carbocycles. The van der Waals surface area contributed by atoms with Crippen molar-refractivity contribution in [3.63, 3.8) is 0 Å². The Morgan fingerprint density at radius 3 is 2.90 bits per heavy atom. The molecule has 1 aromatic heterocycles. The summed E-state index contributed by atoms with van der Waals surface area (Å²) in [5, 5.41) is 8.16. The van der Waals surface area contributed by atoms with Gasteiger partial charge in [-0.1, -0.05) is 6.92 Å². The van der Waals surface area contributed by atoms with Gasteiger partial charge in [0.05, 0.1) is 15.9 Å². The van der Waals surface area contributed by atoms with Gasteiger partial charge in [0, 0.05) is 25.7 Å². The van der Waals surface area contributed by atoms with Gasteiger partial charge >= 0.3 is 0 Å². The van der Waals surface area contributed by atoms with E-state index in [0.29, 0.717) is 6.04 Å². The molecule has 1 unspecified atom stereocenters. The Bertz CT molecular complexity index is 430. The highest BCUT2D eigenvalue weighted by molar-refractivity contribution is 9.10. The quantitative estimate of drug-likeness (QED) is 0.773. The van der Waals surface area contributed by atoms with E-state index in [1.807, 2.05) is 0 Å². The number of aryl methyl sites for hydroxylation is 2. The summed E-state index contributed by atoms with van der Waals surface area (Å²) in [4.78, 5) is 2.61. The number of nitrogens with zero attached hydrogens (tertiary/aromatic N) is 3. The number of halogens is 1. The van der Waals surface area contributed by atoms with Gasteiger partial charge in [0.1, 0.15) is 0 Å². The molecule has 1 aliphatic heterocycles. The molecule has 2 rings (SSSR count). The molecule has 0 aliphatic carbocycles. The average Bonchev–Trinajstić information content (AvgIpc) is 2.99. The van der Waals surface area contributed by atoms with Crippen molar-refractivity contribution in [1.82, 2.24) is 20.0 Å². The number of hydrogen-bond donors (Lipinski definition) is 1. The number of likely N-dealkylation sites (tertiary alicyclic amines) is 1. The summed E-state index contributed by atoms with van der Waals surface area (Å²) >= 11 is 3.71. The first-order chi connectivity index (χ1) is 9.67. The summed E-state index contributed by atoms with van der Waals surface area (Å²) in [5.74, 6) is 0. The molecule has 1 aromatic rings. The van der Waals surface area contributed by atoms with Crippen LogP contribution in [-0.4, -0.2) is 40.4 Å². The molecule has 4 nitrogen and oxygen atoms in total. The fourth-order valence-corrected chi connectivity index (χ4v) is 3.40. The molecule has 1 aliphatic rings. The van der Waals surface area contributed by atoms with Crippen LogP contribution in [0.25, 0.3) is 0 Å². The lowest BCUT2D eigenvalue weighted by Crippen LogP contribution is -2.38. The van der Waals surface area contributed by atoms with Crippen molar-refractivity contribution in [2.45, 2.75) is 59.2 Å². The van der Waals surface area contributed by atoms with Crippen molar-refractivity contribution in [2.24, 2.45) is 0 Å². The molecule has 0 radical (unpaired) electrons. The van der Waals surface area contributed by atoms with Gasteiger partial charge in [0.15, 0.2) is 0 Å². The van der Waals surface area contributed by atoms with Gasteiger partial charge in [-0.15, -0.1) is 0 Å². The van der Waals surface area contributed by atoms with Crippen LogP contribution < -0.4 is 5.32 Å². The Morgan fingerprint density at radius 1 is 1.40 bits per heavy atom. The Labute approximate surface area is 131 Å². The summed E-state index contributed by atoms with van der Waals surface area (Å²) in [5.41, 5.74) is 2.43. The molecule has 1 saturated heterocycles. The maximum atomic E-state index is 4.60. The zero-order valence-corrected chi connectivity index (χ0v) is 14.5. The SMILES string of the molecule is CCCNCC1CCCN1Cc1c(Br)c(C)nn1CC. The van der Waals surface area contributed by atoms with Gasteiger partial charge in [-0.3, -0.25) is 9.58 Å². The van der Waals surface area contributed by atoms with E-state index < -0.39 is 0 Å². The molecule has 114 valence electrons. The van der Waals surface area contributed by atoms with Crippen molar-refractivity contribution in [3.8, 4) is 0 Å². The zero-order chi connectivity index (χ0) is 14.5. The Balaban J connectivity index is 2.01. The van der Waals surface area contributed by atoms with Crippen LogP contribution in [0.1, 0.15) is 44.5 Å². The van der Waals surface area contributed by atoms with Crippen LogP contribution in [0.15, 0.2) is 4.47 Å². The van der Waals surface area contributed by atoms with E-state index in [1.54, 1.807) is 0 Å². The first-order valence-corrected chi connectivity index (χ1v) is 8.63. The molecule has 20 heavy (non-hydrogen) atoms. The maximum Gasteiger partial charge on any atom is 0.0739 e. The molecule has 1 atom stereocenters. The monoisotopic (exact) mass is 342 g/mol. The highest BCUT2D eigenvalue weighted by Gasteiger charge is 2.26. The minimum absolute atomic E-state index is 0.675. The molecule has 2 heterocycles. The number of nitrogens with one attached hydrogen (secondary N) is 1. The van der Waals surface area contributed by atoms with Gasteiger partial charge in [-0.05, 0) is 62.1 Å². The fraction of sp³-hybridized carbons (Fsp3) is 0.800. The summed E-state index contributed by atoms with van der Waals surface area (Å²) in [7, 11) is 0. The largest absolute Gasteiger partial charge is 0.315 e. The Kier molecular flexibility index (Phi) is 6.05. The molecule has 1 fully saturated rings. The first kappa shape index (κ1) is 16.0. The highest BCUT2D eigenvalue weighted by Crippen LogP contribution is 2.26. The third-order valence-corrected chi connectivity index (χ3v) is 5.14. The second-order valence-electron chi connectivity index (χ2n) is 5.63. The smallest absolute Gasteiger partial charge is 0.0739 e. The van der Waals surface area contributed by atoms with Crippen molar-refractivity contribution in [2.75, 3.05) is 19.6 Å². The van der Waals surface area contributed by atoms with Crippen LogP contribution in [0.4, 0.5) is 0 Å². The third kappa shape index (κ3) is 3.62. The minimum Gasteiger partial charge on any atom is -0.315 e. The molecule has 0 amide bonds. The molecule has 0 aromatic carbocycles. The summed E-state index contributed by atoms with van der Waals surface area (Å²) in [6, 6.07) is 0.675. The normalized spacial score (nSPS) is 19.9. The lowest BCUT2D eigenvalue weighted by atomic mass is 10.2. The molecular formula is C15H27BrN4. The average molecular weight is 343 g/mol. The van der Waals surface area contributed by atoms with Crippen LogP contribution in [0, 0.1) is 6.92 Å². The van der Waals surface area contributed by atoms with E-state index >= 15 is 0 Å². The summed E-state index contributed by atoms with van der Waals surface area (Å²) in [6.45, 7) is 11.8. The van der Waals surface area contributed by atoms with Crippen LogP contribution in [-0.2, 0) is 13.1 Å². The highest BCUT2D eigenvalue weighted by atomic mass is 79.9. The van der Waals surface area contributed by atoms with E-state index in [1.165, 1.54) is 36.0 Å². The maximum absolute atomic E-state index is 4.60. The lowest BCUT2D eigenvalue weighted by molar-refractivity contribution is 0.232.